The van der Waals surface area contributed by atoms with E-state index in [1.54, 1.807) is 0 Å². The highest BCUT2D eigenvalue weighted by Crippen LogP contribution is 2.16. The van der Waals surface area contributed by atoms with Crippen molar-refractivity contribution < 1.29 is 4.79 Å². The van der Waals surface area contributed by atoms with Gasteiger partial charge in [0, 0.05) is 19.1 Å². The molecule has 1 heterocycles. The number of rotatable bonds is 7. The van der Waals surface area contributed by atoms with Crippen LogP contribution in [0.2, 0.25) is 0 Å². The fourth-order valence-corrected chi connectivity index (χ4v) is 2.27. The van der Waals surface area contributed by atoms with Crippen LogP contribution in [0, 0.1) is 12.8 Å². The summed E-state index contributed by atoms with van der Waals surface area (Å²) in [6.07, 6.45) is 0. The Bertz CT molecular complexity index is 418. The SMILES string of the molecule is Cc1nnc(SCC(=O)NC(C)C(C)C)n1CCN. The molecule has 1 rings (SSSR count). The molecule has 1 amide bonds. The molecule has 0 aliphatic carbocycles. The van der Waals surface area contributed by atoms with E-state index in [9.17, 15) is 4.79 Å². The molecule has 19 heavy (non-hydrogen) atoms. The Labute approximate surface area is 118 Å². The third-order valence-corrected chi connectivity index (χ3v) is 3.94. The molecular weight excluding hydrogens is 262 g/mol. The molecule has 1 aromatic heterocycles. The summed E-state index contributed by atoms with van der Waals surface area (Å²) in [4.78, 5) is 11.8. The largest absolute Gasteiger partial charge is 0.353 e. The van der Waals surface area contributed by atoms with Crippen molar-refractivity contribution in [2.24, 2.45) is 11.7 Å². The summed E-state index contributed by atoms with van der Waals surface area (Å²) in [6.45, 7) is 9.26. The van der Waals surface area contributed by atoms with Gasteiger partial charge in [-0.15, -0.1) is 10.2 Å². The van der Waals surface area contributed by atoms with Crippen molar-refractivity contribution in [3.05, 3.63) is 5.82 Å². The van der Waals surface area contributed by atoms with Crippen LogP contribution < -0.4 is 11.1 Å². The molecule has 7 heteroatoms. The topological polar surface area (TPSA) is 85.8 Å². The maximum Gasteiger partial charge on any atom is 0.230 e. The summed E-state index contributed by atoms with van der Waals surface area (Å²) in [5.41, 5.74) is 5.55. The van der Waals surface area contributed by atoms with E-state index in [0.717, 1.165) is 11.0 Å². The molecule has 108 valence electrons. The Morgan fingerprint density at radius 2 is 2.11 bits per heavy atom. The van der Waals surface area contributed by atoms with Crippen LogP contribution in [-0.4, -0.2) is 39.0 Å². The van der Waals surface area contributed by atoms with Gasteiger partial charge in [-0.1, -0.05) is 25.6 Å². The number of amides is 1. The van der Waals surface area contributed by atoms with Crippen molar-refractivity contribution in [3.8, 4) is 0 Å². The Kier molecular flexibility index (Phi) is 6.30. The zero-order valence-electron chi connectivity index (χ0n) is 12.0. The number of nitrogens with one attached hydrogen (secondary N) is 1. The maximum absolute atomic E-state index is 11.8. The van der Waals surface area contributed by atoms with Gasteiger partial charge in [0.25, 0.3) is 0 Å². The van der Waals surface area contributed by atoms with E-state index in [1.807, 2.05) is 18.4 Å². The van der Waals surface area contributed by atoms with E-state index >= 15 is 0 Å². The van der Waals surface area contributed by atoms with Gasteiger partial charge >= 0.3 is 0 Å². The molecule has 0 saturated carbocycles. The number of aromatic nitrogens is 3. The zero-order chi connectivity index (χ0) is 14.4. The Hall–Kier alpha value is -1.08. The number of carbonyl (C=O) groups is 1. The molecule has 1 aromatic rings. The first-order chi connectivity index (χ1) is 8.95. The third kappa shape index (κ3) is 4.83. The number of hydrogen-bond acceptors (Lipinski definition) is 5. The summed E-state index contributed by atoms with van der Waals surface area (Å²) in [7, 11) is 0. The first-order valence-electron chi connectivity index (χ1n) is 6.47. The van der Waals surface area contributed by atoms with E-state index in [-0.39, 0.29) is 11.9 Å². The Morgan fingerprint density at radius 3 is 2.68 bits per heavy atom. The van der Waals surface area contributed by atoms with Gasteiger partial charge in [0.1, 0.15) is 5.82 Å². The van der Waals surface area contributed by atoms with Gasteiger partial charge in [0.15, 0.2) is 5.16 Å². The van der Waals surface area contributed by atoms with E-state index in [2.05, 4.69) is 29.4 Å². The number of nitrogens with two attached hydrogens (primary N) is 1. The van der Waals surface area contributed by atoms with Crippen LogP contribution in [0.15, 0.2) is 5.16 Å². The fraction of sp³-hybridized carbons (Fsp3) is 0.750. The highest BCUT2D eigenvalue weighted by atomic mass is 32.2. The molecule has 0 fully saturated rings. The highest BCUT2D eigenvalue weighted by molar-refractivity contribution is 7.99. The molecular formula is C12H23N5OS. The number of thioether (sulfide) groups is 1. The van der Waals surface area contributed by atoms with Crippen LogP contribution in [0.3, 0.4) is 0 Å². The standard InChI is InChI=1S/C12H23N5OS/c1-8(2)9(3)14-11(18)7-19-12-16-15-10(4)17(12)6-5-13/h8-9H,5-7,13H2,1-4H3,(H,14,18). The molecule has 0 saturated heterocycles. The van der Waals surface area contributed by atoms with Crippen molar-refractivity contribution in [2.75, 3.05) is 12.3 Å². The van der Waals surface area contributed by atoms with Crippen LogP contribution in [0.5, 0.6) is 0 Å². The van der Waals surface area contributed by atoms with Crippen molar-refractivity contribution in [3.63, 3.8) is 0 Å². The summed E-state index contributed by atoms with van der Waals surface area (Å²) >= 11 is 1.39. The molecule has 3 N–H and O–H groups in total. The van der Waals surface area contributed by atoms with Gasteiger partial charge in [-0.25, -0.2) is 0 Å². The first kappa shape index (κ1) is 16.0. The van der Waals surface area contributed by atoms with Crippen molar-refractivity contribution in [1.29, 1.82) is 0 Å². The first-order valence-corrected chi connectivity index (χ1v) is 7.46. The molecule has 6 nitrogen and oxygen atoms in total. The Balaban J connectivity index is 2.50. The van der Waals surface area contributed by atoms with Gasteiger partial charge in [-0.3, -0.25) is 4.79 Å². The van der Waals surface area contributed by atoms with Crippen LogP contribution in [-0.2, 0) is 11.3 Å². The van der Waals surface area contributed by atoms with Gasteiger partial charge in [-0.05, 0) is 19.8 Å². The van der Waals surface area contributed by atoms with E-state index in [1.165, 1.54) is 11.8 Å². The number of nitrogens with zero attached hydrogens (tertiary/aromatic N) is 3. The average molecular weight is 285 g/mol. The zero-order valence-corrected chi connectivity index (χ0v) is 12.8. The minimum Gasteiger partial charge on any atom is -0.353 e. The van der Waals surface area contributed by atoms with Gasteiger partial charge < -0.3 is 15.6 Å². The van der Waals surface area contributed by atoms with Gasteiger partial charge in [-0.2, -0.15) is 0 Å². The van der Waals surface area contributed by atoms with Crippen LogP contribution in [0.4, 0.5) is 0 Å². The molecule has 0 bridgehead atoms. The van der Waals surface area contributed by atoms with Crippen molar-refractivity contribution >= 4 is 17.7 Å². The molecule has 0 aliphatic rings. The smallest absolute Gasteiger partial charge is 0.230 e. The van der Waals surface area contributed by atoms with Crippen LogP contribution >= 0.6 is 11.8 Å². The lowest BCUT2D eigenvalue weighted by molar-refractivity contribution is -0.119. The van der Waals surface area contributed by atoms with Crippen molar-refractivity contribution in [2.45, 2.75) is 45.4 Å². The molecule has 0 spiro atoms. The number of aryl methyl sites for hydroxylation is 1. The Morgan fingerprint density at radius 1 is 1.42 bits per heavy atom. The van der Waals surface area contributed by atoms with Gasteiger partial charge in [0.05, 0.1) is 5.75 Å². The highest BCUT2D eigenvalue weighted by Gasteiger charge is 2.14. The lowest BCUT2D eigenvalue weighted by Gasteiger charge is -2.17. The molecule has 1 unspecified atom stereocenters. The van der Waals surface area contributed by atoms with Crippen LogP contribution in [0.25, 0.3) is 0 Å². The second-order valence-corrected chi connectivity index (χ2v) is 5.80. The molecule has 0 aliphatic heterocycles. The minimum atomic E-state index is 0.0196. The van der Waals surface area contributed by atoms with E-state index in [0.29, 0.717) is 24.8 Å². The second-order valence-electron chi connectivity index (χ2n) is 4.86. The maximum atomic E-state index is 11.8. The predicted octanol–water partition coefficient (Wildman–Crippen LogP) is 0.798. The lowest BCUT2D eigenvalue weighted by Crippen LogP contribution is -2.37. The monoisotopic (exact) mass is 285 g/mol. The van der Waals surface area contributed by atoms with Crippen LogP contribution in [0.1, 0.15) is 26.6 Å². The minimum absolute atomic E-state index is 0.0196. The average Bonchev–Trinajstić information content (AvgIpc) is 2.69. The lowest BCUT2D eigenvalue weighted by atomic mass is 10.1. The molecule has 1 atom stereocenters. The molecule has 0 radical (unpaired) electrons. The number of carbonyl (C=O) groups excluding carboxylic acids is 1. The second kappa shape index (κ2) is 7.49. The fourth-order valence-electron chi connectivity index (χ4n) is 1.45. The normalized spacial score (nSPS) is 12.7. The van der Waals surface area contributed by atoms with Crippen molar-refractivity contribution in [1.82, 2.24) is 20.1 Å². The summed E-state index contributed by atoms with van der Waals surface area (Å²) in [5.74, 6) is 1.62. The third-order valence-electron chi connectivity index (χ3n) is 2.98. The summed E-state index contributed by atoms with van der Waals surface area (Å²) in [5, 5.41) is 11.8. The number of hydrogen-bond donors (Lipinski definition) is 2. The predicted molar refractivity (Wildman–Crippen MR) is 77.0 cm³/mol. The summed E-state index contributed by atoms with van der Waals surface area (Å²) < 4.78 is 1.93. The molecule has 0 aromatic carbocycles. The quantitative estimate of drug-likeness (QED) is 0.724. The van der Waals surface area contributed by atoms with Gasteiger partial charge in [0.2, 0.25) is 5.91 Å². The van der Waals surface area contributed by atoms with E-state index in [4.69, 9.17) is 5.73 Å². The van der Waals surface area contributed by atoms with E-state index < -0.39 is 0 Å². The summed E-state index contributed by atoms with van der Waals surface area (Å²) in [6, 6.07) is 0.178.